The summed E-state index contributed by atoms with van der Waals surface area (Å²) in [5.41, 5.74) is 2.03. The Morgan fingerprint density at radius 3 is 2.28 bits per heavy atom. The topological polar surface area (TPSA) is 51.5 Å². The largest absolute Gasteiger partial charge is 0.465 e. The molecule has 0 unspecified atom stereocenters. The highest BCUT2D eigenvalue weighted by Gasteiger charge is 2.52. The zero-order valence-corrected chi connectivity index (χ0v) is 17.4. The number of hydrogen-bond acceptors (Lipinski definition) is 4. The summed E-state index contributed by atoms with van der Waals surface area (Å²) in [7, 11) is 1.40. The lowest BCUT2D eigenvalue weighted by Crippen LogP contribution is -2.54. The van der Waals surface area contributed by atoms with Crippen molar-refractivity contribution in [1.29, 1.82) is 0 Å². The Labute approximate surface area is 173 Å². The molecular weight excluding hydrogens is 362 g/mol. The molecular formula is C25H31NO3. The zero-order valence-electron chi connectivity index (χ0n) is 17.4. The van der Waals surface area contributed by atoms with E-state index in [1.165, 1.54) is 45.6 Å². The van der Waals surface area contributed by atoms with Crippen LogP contribution in [0.25, 0.3) is 11.3 Å². The molecule has 29 heavy (non-hydrogen) atoms. The zero-order chi connectivity index (χ0) is 20.0. The minimum absolute atomic E-state index is 0.320. The van der Waals surface area contributed by atoms with Crippen molar-refractivity contribution in [3.8, 4) is 11.3 Å². The summed E-state index contributed by atoms with van der Waals surface area (Å²) in [6, 6.07) is 12.0. The number of ether oxygens (including phenoxy) is 1. The van der Waals surface area contributed by atoms with Crippen molar-refractivity contribution in [2.24, 2.45) is 23.2 Å². The summed E-state index contributed by atoms with van der Waals surface area (Å²) in [6.07, 6.45) is 8.72. The lowest BCUT2D eigenvalue weighted by atomic mass is 9.48. The van der Waals surface area contributed by atoms with E-state index >= 15 is 0 Å². The molecule has 2 aromatic rings. The van der Waals surface area contributed by atoms with Crippen molar-refractivity contribution >= 4 is 5.97 Å². The fourth-order valence-corrected chi connectivity index (χ4v) is 6.69. The Balaban J connectivity index is 1.22. The highest BCUT2D eigenvalue weighted by Crippen LogP contribution is 2.61. The van der Waals surface area contributed by atoms with Gasteiger partial charge in [0.15, 0.2) is 0 Å². The van der Waals surface area contributed by atoms with Crippen LogP contribution >= 0.6 is 0 Å². The smallest absolute Gasteiger partial charge is 0.337 e. The maximum absolute atomic E-state index is 11.6. The SMILES string of the molecule is COC(=O)c1ccc(-c2ccc(CN[C@@H](C)C34CC5CC(CC(C5)C3)C4)o2)cc1. The molecule has 4 bridgehead atoms. The Morgan fingerprint density at radius 2 is 1.69 bits per heavy atom. The van der Waals surface area contributed by atoms with E-state index in [0.717, 1.165) is 41.4 Å². The number of hydrogen-bond donors (Lipinski definition) is 1. The fourth-order valence-electron chi connectivity index (χ4n) is 6.69. The molecule has 4 nitrogen and oxygen atoms in total. The summed E-state index contributed by atoms with van der Waals surface area (Å²) in [5.74, 6) is 4.42. The van der Waals surface area contributed by atoms with Gasteiger partial charge in [-0.05, 0) is 92.9 Å². The van der Waals surface area contributed by atoms with Gasteiger partial charge in [-0.25, -0.2) is 4.79 Å². The normalized spacial score (nSPS) is 31.0. The quantitative estimate of drug-likeness (QED) is 0.665. The third kappa shape index (κ3) is 3.52. The first-order valence-electron chi connectivity index (χ1n) is 11.1. The standard InChI is InChI=1S/C25H31NO3/c1-16(25-12-17-9-18(13-25)11-19(10-17)14-25)26-15-22-7-8-23(29-22)20-3-5-21(6-4-20)24(27)28-2/h3-8,16-19,26H,9-15H2,1-2H3/t16-,17?,18?,19?,25?/m0/s1. The second kappa shape index (κ2) is 7.32. The van der Waals surface area contributed by atoms with Crippen LogP contribution in [0.1, 0.15) is 61.6 Å². The molecule has 1 aromatic heterocycles. The van der Waals surface area contributed by atoms with E-state index < -0.39 is 0 Å². The Kier molecular flexibility index (Phi) is 4.78. The summed E-state index contributed by atoms with van der Waals surface area (Å²) >= 11 is 0. The summed E-state index contributed by atoms with van der Waals surface area (Å²) < 4.78 is 10.8. The van der Waals surface area contributed by atoms with Crippen molar-refractivity contribution in [3.63, 3.8) is 0 Å². The predicted molar refractivity (Wildman–Crippen MR) is 112 cm³/mol. The number of carbonyl (C=O) groups excluding carboxylic acids is 1. The average molecular weight is 394 g/mol. The van der Waals surface area contributed by atoms with Gasteiger partial charge in [0.05, 0.1) is 19.2 Å². The van der Waals surface area contributed by atoms with Crippen LogP contribution in [0.5, 0.6) is 0 Å². The average Bonchev–Trinajstić information content (AvgIpc) is 3.19. The van der Waals surface area contributed by atoms with Crippen molar-refractivity contribution in [1.82, 2.24) is 5.32 Å². The molecule has 4 fully saturated rings. The maximum Gasteiger partial charge on any atom is 0.337 e. The molecule has 4 saturated carbocycles. The second-order valence-electron chi connectivity index (χ2n) is 9.72. The minimum atomic E-state index is -0.320. The Morgan fingerprint density at radius 1 is 1.07 bits per heavy atom. The second-order valence-corrected chi connectivity index (χ2v) is 9.72. The lowest BCUT2D eigenvalue weighted by molar-refractivity contribution is -0.0708. The van der Waals surface area contributed by atoms with Crippen LogP contribution in [0.15, 0.2) is 40.8 Å². The van der Waals surface area contributed by atoms with Gasteiger partial charge in [-0.3, -0.25) is 0 Å². The number of furan rings is 1. The van der Waals surface area contributed by atoms with Crippen molar-refractivity contribution in [2.45, 2.75) is 58.0 Å². The molecule has 0 saturated heterocycles. The molecule has 1 atom stereocenters. The molecule has 4 aliphatic carbocycles. The summed E-state index contributed by atoms with van der Waals surface area (Å²) in [5, 5.41) is 3.80. The van der Waals surface area contributed by atoms with Crippen LogP contribution in [-0.2, 0) is 11.3 Å². The molecule has 0 aliphatic heterocycles. The summed E-state index contributed by atoms with van der Waals surface area (Å²) in [6.45, 7) is 3.16. The van der Waals surface area contributed by atoms with Gasteiger partial charge in [-0.2, -0.15) is 0 Å². The molecule has 1 N–H and O–H groups in total. The van der Waals surface area contributed by atoms with E-state index in [9.17, 15) is 4.79 Å². The van der Waals surface area contributed by atoms with E-state index in [1.54, 1.807) is 12.1 Å². The molecule has 0 spiro atoms. The van der Waals surface area contributed by atoms with E-state index in [1.807, 2.05) is 18.2 Å². The van der Waals surface area contributed by atoms with Crippen LogP contribution in [0.2, 0.25) is 0 Å². The molecule has 1 heterocycles. The van der Waals surface area contributed by atoms with E-state index in [4.69, 9.17) is 9.15 Å². The van der Waals surface area contributed by atoms with E-state index in [2.05, 4.69) is 18.3 Å². The van der Waals surface area contributed by atoms with Crippen LogP contribution in [0, 0.1) is 23.2 Å². The number of benzene rings is 1. The highest BCUT2D eigenvalue weighted by molar-refractivity contribution is 5.89. The number of carbonyl (C=O) groups is 1. The number of methoxy groups -OCH3 is 1. The molecule has 0 radical (unpaired) electrons. The van der Waals surface area contributed by atoms with Gasteiger partial charge < -0.3 is 14.5 Å². The van der Waals surface area contributed by atoms with Gasteiger partial charge in [-0.15, -0.1) is 0 Å². The summed E-state index contributed by atoms with van der Waals surface area (Å²) in [4.78, 5) is 11.6. The highest BCUT2D eigenvalue weighted by atomic mass is 16.5. The molecule has 4 heteroatoms. The predicted octanol–water partition coefficient (Wildman–Crippen LogP) is 5.43. The van der Waals surface area contributed by atoms with E-state index in [-0.39, 0.29) is 5.97 Å². The van der Waals surface area contributed by atoms with Crippen LogP contribution in [0.4, 0.5) is 0 Å². The van der Waals surface area contributed by atoms with Crippen molar-refractivity contribution < 1.29 is 13.9 Å². The van der Waals surface area contributed by atoms with Gasteiger partial charge in [0.25, 0.3) is 0 Å². The third-order valence-corrected chi connectivity index (χ3v) is 7.84. The van der Waals surface area contributed by atoms with Gasteiger partial charge in [0, 0.05) is 11.6 Å². The lowest BCUT2D eigenvalue weighted by Gasteiger charge is -2.59. The van der Waals surface area contributed by atoms with Gasteiger partial charge in [0.2, 0.25) is 0 Å². The van der Waals surface area contributed by atoms with Crippen molar-refractivity contribution in [2.75, 3.05) is 7.11 Å². The number of rotatable bonds is 6. The maximum atomic E-state index is 11.6. The van der Waals surface area contributed by atoms with Crippen molar-refractivity contribution in [3.05, 3.63) is 47.7 Å². The van der Waals surface area contributed by atoms with Crippen LogP contribution in [0.3, 0.4) is 0 Å². The van der Waals surface area contributed by atoms with Crippen LogP contribution in [-0.4, -0.2) is 19.1 Å². The van der Waals surface area contributed by atoms with Gasteiger partial charge in [0.1, 0.15) is 11.5 Å². The molecule has 4 aliphatic rings. The first-order chi connectivity index (χ1) is 14.0. The molecule has 0 amide bonds. The Bertz CT molecular complexity index is 846. The molecule has 1 aromatic carbocycles. The molecule has 6 rings (SSSR count). The first kappa shape index (κ1) is 18.9. The van der Waals surface area contributed by atoms with Gasteiger partial charge in [-0.1, -0.05) is 12.1 Å². The molecule has 154 valence electrons. The first-order valence-corrected chi connectivity index (χ1v) is 11.1. The minimum Gasteiger partial charge on any atom is -0.465 e. The fraction of sp³-hybridized carbons (Fsp3) is 0.560. The Hall–Kier alpha value is -2.07. The van der Waals surface area contributed by atoms with E-state index in [0.29, 0.717) is 17.0 Å². The van der Waals surface area contributed by atoms with Gasteiger partial charge >= 0.3 is 5.97 Å². The number of esters is 1. The number of nitrogens with one attached hydrogen (secondary N) is 1. The monoisotopic (exact) mass is 393 g/mol. The third-order valence-electron chi connectivity index (χ3n) is 7.84. The van der Waals surface area contributed by atoms with Crippen LogP contribution < -0.4 is 5.32 Å².